The number of thiocarbonyl (C=S) groups is 1. The zero-order valence-electron chi connectivity index (χ0n) is 15.7. The molecule has 0 amide bonds. The molecule has 0 aliphatic rings. The number of nitrogens with one attached hydrogen (secondary N) is 2. The summed E-state index contributed by atoms with van der Waals surface area (Å²) < 4.78 is 118. The number of rotatable bonds is 4. The summed E-state index contributed by atoms with van der Waals surface area (Å²) in [6.07, 6.45) is -10.5. The summed E-state index contributed by atoms with van der Waals surface area (Å²) in [6.45, 7) is 0. The zero-order chi connectivity index (χ0) is 24.6. The van der Waals surface area contributed by atoms with Crippen LogP contribution < -0.4 is 10.0 Å². The maximum atomic E-state index is 13.1. The number of aromatic nitrogens is 3. The second kappa shape index (κ2) is 8.58. The highest BCUT2D eigenvalue weighted by Crippen LogP contribution is 2.36. The van der Waals surface area contributed by atoms with Crippen LogP contribution in [0.3, 0.4) is 0 Å². The smallest absolute Gasteiger partial charge is 0.332 e. The van der Waals surface area contributed by atoms with Crippen molar-refractivity contribution in [2.75, 3.05) is 5.32 Å². The lowest BCUT2D eigenvalue weighted by Crippen LogP contribution is -2.34. The van der Waals surface area contributed by atoms with Crippen molar-refractivity contribution in [2.45, 2.75) is 17.2 Å². The molecule has 2 aromatic carbocycles. The molecule has 0 saturated heterocycles. The van der Waals surface area contributed by atoms with E-state index < -0.39 is 55.5 Å². The fraction of sp³-hybridized carbons (Fsp3) is 0.118. The SMILES string of the molecule is O=S(=O)(NC(=S)Nc1ccc(F)cc1)c1ccc(-n2c(C(F)(F)F)nnc2C(F)(F)F)cc1. The molecule has 0 aliphatic carbocycles. The number of nitrogens with zero attached hydrogens (tertiary/aromatic N) is 3. The Morgan fingerprint density at radius 2 is 1.33 bits per heavy atom. The van der Waals surface area contributed by atoms with Crippen molar-refractivity contribution < 1.29 is 39.2 Å². The molecule has 0 spiro atoms. The molecule has 33 heavy (non-hydrogen) atoms. The summed E-state index contributed by atoms with van der Waals surface area (Å²) in [5, 5.41) is 7.22. The van der Waals surface area contributed by atoms with Crippen LogP contribution in [0.1, 0.15) is 11.6 Å². The average Bonchev–Trinajstić information content (AvgIpc) is 3.16. The summed E-state index contributed by atoms with van der Waals surface area (Å²) in [4.78, 5) is -0.510. The van der Waals surface area contributed by atoms with Gasteiger partial charge in [0.2, 0.25) is 11.6 Å². The molecule has 1 aromatic heterocycles. The maximum absolute atomic E-state index is 13.1. The lowest BCUT2D eigenvalue weighted by Gasteiger charge is -2.15. The van der Waals surface area contributed by atoms with Gasteiger partial charge in [-0.25, -0.2) is 12.8 Å². The molecular formula is C17H10F7N5O2S2. The number of hydrogen-bond donors (Lipinski definition) is 2. The Labute approximate surface area is 186 Å². The van der Waals surface area contributed by atoms with Gasteiger partial charge >= 0.3 is 12.4 Å². The molecule has 0 unspecified atom stereocenters. The number of halogens is 7. The first kappa shape index (κ1) is 24.4. The second-order valence-corrected chi connectivity index (χ2v) is 8.33. The normalized spacial score (nSPS) is 12.5. The highest BCUT2D eigenvalue weighted by molar-refractivity contribution is 7.92. The minimum atomic E-state index is -5.26. The highest BCUT2D eigenvalue weighted by Gasteiger charge is 2.45. The Morgan fingerprint density at radius 1 is 0.848 bits per heavy atom. The molecule has 0 aliphatic heterocycles. The molecule has 3 aromatic rings. The molecule has 0 saturated carbocycles. The third kappa shape index (κ3) is 5.57. The van der Waals surface area contributed by atoms with Crippen LogP contribution >= 0.6 is 12.2 Å². The third-order valence-electron chi connectivity index (χ3n) is 3.90. The van der Waals surface area contributed by atoms with Crippen LogP contribution in [0.5, 0.6) is 0 Å². The van der Waals surface area contributed by atoms with Crippen molar-refractivity contribution in [1.82, 2.24) is 19.5 Å². The fourth-order valence-electron chi connectivity index (χ4n) is 2.54. The van der Waals surface area contributed by atoms with Crippen LogP contribution in [0.15, 0.2) is 53.4 Å². The predicted molar refractivity (Wildman–Crippen MR) is 104 cm³/mol. The summed E-state index contributed by atoms with van der Waals surface area (Å²) in [6, 6.07) is 7.73. The van der Waals surface area contributed by atoms with Gasteiger partial charge in [-0.2, -0.15) is 26.3 Å². The van der Waals surface area contributed by atoms with Crippen molar-refractivity contribution in [1.29, 1.82) is 0 Å². The number of benzene rings is 2. The quantitative estimate of drug-likeness (QED) is 0.403. The van der Waals surface area contributed by atoms with Gasteiger partial charge in [0.05, 0.1) is 4.90 Å². The van der Waals surface area contributed by atoms with Crippen LogP contribution in [0.2, 0.25) is 0 Å². The van der Waals surface area contributed by atoms with Gasteiger partial charge in [0.15, 0.2) is 5.11 Å². The molecule has 176 valence electrons. The van der Waals surface area contributed by atoms with E-state index in [0.29, 0.717) is 0 Å². The highest BCUT2D eigenvalue weighted by atomic mass is 32.2. The molecule has 0 fully saturated rings. The Kier molecular flexibility index (Phi) is 6.34. The Bertz CT molecular complexity index is 1240. The molecule has 0 bridgehead atoms. The molecule has 7 nitrogen and oxygen atoms in total. The van der Waals surface area contributed by atoms with Gasteiger partial charge in [0, 0.05) is 11.4 Å². The number of alkyl halides is 6. The van der Waals surface area contributed by atoms with E-state index in [1.54, 1.807) is 0 Å². The summed E-state index contributed by atoms with van der Waals surface area (Å²) in [5.74, 6) is -4.41. The van der Waals surface area contributed by atoms with E-state index in [1.165, 1.54) is 12.1 Å². The van der Waals surface area contributed by atoms with Crippen molar-refractivity contribution in [3.05, 3.63) is 66.0 Å². The number of sulfonamides is 1. The van der Waals surface area contributed by atoms with Crippen LogP contribution in [-0.2, 0) is 22.4 Å². The van der Waals surface area contributed by atoms with Gasteiger partial charge in [-0.05, 0) is 60.7 Å². The first-order valence-corrected chi connectivity index (χ1v) is 10.4. The van der Waals surface area contributed by atoms with Crippen LogP contribution in [-0.4, -0.2) is 28.3 Å². The van der Waals surface area contributed by atoms with Gasteiger partial charge in [-0.15, -0.1) is 10.2 Å². The number of anilines is 1. The van der Waals surface area contributed by atoms with Crippen molar-refractivity contribution in [3.8, 4) is 5.69 Å². The van der Waals surface area contributed by atoms with Gasteiger partial charge in [0.25, 0.3) is 10.0 Å². The van der Waals surface area contributed by atoms with E-state index in [-0.39, 0.29) is 10.3 Å². The van der Waals surface area contributed by atoms with Gasteiger partial charge in [0.1, 0.15) is 5.82 Å². The van der Waals surface area contributed by atoms with Crippen LogP contribution in [0.4, 0.5) is 36.4 Å². The predicted octanol–water partition coefficient (Wildman–Crippen LogP) is 4.12. The fourth-order valence-corrected chi connectivity index (χ4v) is 3.90. The lowest BCUT2D eigenvalue weighted by molar-refractivity contribution is -0.153. The maximum Gasteiger partial charge on any atom is 0.452 e. The van der Waals surface area contributed by atoms with E-state index in [1.807, 2.05) is 4.72 Å². The second-order valence-electron chi connectivity index (χ2n) is 6.24. The standard InChI is InChI=1S/C17H10F7N5O2S2/c18-9-1-3-10(4-2-9)25-15(32)28-33(30,31)12-7-5-11(6-8-12)29-13(16(19,20)21)26-27-14(29)17(22,23)24/h1-8H,(H2,25,28,32). The van der Waals surface area contributed by atoms with Crippen molar-refractivity contribution in [2.24, 2.45) is 0 Å². The number of hydrogen-bond acceptors (Lipinski definition) is 5. The van der Waals surface area contributed by atoms with Crippen LogP contribution in [0, 0.1) is 5.82 Å². The monoisotopic (exact) mass is 513 g/mol. The molecule has 1 heterocycles. The summed E-state index contributed by atoms with van der Waals surface area (Å²) >= 11 is 4.86. The average molecular weight is 513 g/mol. The lowest BCUT2D eigenvalue weighted by atomic mass is 10.3. The molecule has 2 N–H and O–H groups in total. The van der Waals surface area contributed by atoms with E-state index in [2.05, 4.69) is 15.5 Å². The van der Waals surface area contributed by atoms with E-state index in [0.717, 1.165) is 36.4 Å². The summed E-state index contributed by atoms with van der Waals surface area (Å²) in [7, 11) is -4.36. The first-order valence-electron chi connectivity index (χ1n) is 8.48. The Morgan fingerprint density at radius 3 is 1.79 bits per heavy atom. The molecule has 16 heteroatoms. The summed E-state index contributed by atoms with van der Waals surface area (Å²) in [5.41, 5.74) is -0.419. The Hall–Kier alpha value is -3.27. The first-order chi connectivity index (χ1) is 15.2. The van der Waals surface area contributed by atoms with Gasteiger partial charge < -0.3 is 5.32 Å². The largest absolute Gasteiger partial charge is 0.452 e. The minimum Gasteiger partial charge on any atom is -0.332 e. The molecular weight excluding hydrogens is 503 g/mol. The molecule has 0 atom stereocenters. The third-order valence-corrected chi connectivity index (χ3v) is 5.60. The molecule has 3 rings (SSSR count). The topological polar surface area (TPSA) is 88.9 Å². The van der Waals surface area contributed by atoms with E-state index in [4.69, 9.17) is 12.2 Å². The molecule has 0 radical (unpaired) electrons. The van der Waals surface area contributed by atoms with Crippen molar-refractivity contribution >= 4 is 33.0 Å². The van der Waals surface area contributed by atoms with Gasteiger partial charge in [-0.3, -0.25) is 9.29 Å². The van der Waals surface area contributed by atoms with E-state index >= 15 is 0 Å². The minimum absolute atomic E-state index is 0.256. The van der Waals surface area contributed by atoms with Crippen LogP contribution in [0.25, 0.3) is 5.69 Å². The van der Waals surface area contributed by atoms with E-state index in [9.17, 15) is 39.2 Å². The van der Waals surface area contributed by atoms with Crippen molar-refractivity contribution in [3.63, 3.8) is 0 Å². The Balaban J connectivity index is 1.87. The zero-order valence-corrected chi connectivity index (χ0v) is 17.4. The van der Waals surface area contributed by atoms with Gasteiger partial charge in [-0.1, -0.05) is 0 Å².